The molecule has 0 saturated carbocycles. The number of hydrogen-bond acceptors (Lipinski definition) is 6. The van der Waals surface area contributed by atoms with Crippen LogP contribution in [-0.2, 0) is 4.79 Å². The van der Waals surface area contributed by atoms with Gasteiger partial charge in [-0.25, -0.2) is 9.37 Å². The van der Waals surface area contributed by atoms with Crippen molar-refractivity contribution in [3.05, 3.63) is 48.3 Å². The zero-order chi connectivity index (χ0) is 18.8. The Kier molecular flexibility index (Phi) is 4.59. The van der Waals surface area contributed by atoms with Crippen LogP contribution >= 0.6 is 11.8 Å². The number of methoxy groups -OCH3 is 1. The van der Waals surface area contributed by atoms with Crippen molar-refractivity contribution in [1.29, 1.82) is 0 Å². The van der Waals surface area contributed by atoms with E-state index < -0.39 is 5.82 Å². The highest BCUT2D eigenvalue weighted by Crippen LogP contribution is 2.27. The van der Waals surface area contributed by atoms with E-state index in [0.717, 1.165) is 28.4 Å². The molecule has 0 unspecified atom stereocenters. The summed E-state index contributed by atoms with van der Waals surface area (Å²) in [6, 6.07) is 11.3. The fraction of sp³-hybridized carbons (Fsp3) is 0.111. The fourth-order valence-electron chi connectivity index (χ4n) is 2.62. The summed E-state index contributed by atoms with van der Waals surface area (Å²) in [6.45, 7) is 0. The molecule has 2 N–H and O–H groups in total. The van der Waals surface area contributed by atoms with Crippen LogP contribution in [-0.4, -0.2) is 38.9 Å². The lowest BCUT2D eigenvalue weighted by molar-refractivity contribution is -0.113. The van der Waals surface area contributed by atoms with E-state index in [1.165, 1.54) is 18.2 Å². The molecule has 7 nitrogen and oxygen atoms in total. The number of thioether (sulfide) groups is 1. The molecule has 2 aromatic heterocycles. The molecule has 0 atom stereocenters. The summed E-state index contributed by atoms with van der Waals surface area (Å²) in [5.74, 6) is 0.111. The number of hydrogen-bond donors (Lipinski definition) is 2. The minimum atomic E-state index is -0.408. The molecule has 0 aliphatic carbocycles. The fourth-order valence-corrected chi connectivity index (χ4v) is 3.20. The first-order valence-electron chi connectivity index (χ1n) is 8.01. The summed E-state index contributed by atoms with van der Waals surface area (Å²) in [5, 5.41) is 12.2. The number of aromatic nitrogens is 4. The standard InChI is InChI=1S/C18H14FN5O2S/c1-26-12-5-6-14-13(8-12)16-17(21-14)22-18(24-23-16)27-9-15(25)20-11-4-2-3-10(19)7-11/h2-8H,9H2,1H3,(H,20,25)(H,21,22,24). The van der Waals surface area contributed by atoms with Crippen LogP contribution in [0, 0.1) is 5.82 Å². The normalized spacial score (nSPS) is 11.0. The van der Waals surface area contributed by atoms with Crippen LogP contribution in [0.25, 0.3) is 22.1 Å². The van der Waals surface area contributed by atoms with E-state index in [1.807, 2.05) is 18.2 Å². The summed E-state index contributed by atoms with van der Waals surface area (Å²) in [7, 11) is 1.60. The second-order valence-corrected chi connectivity index (χ2v) is 6.62. The Hall–Kier alpha value is -3.20. The van der Waals surface area contributed by atoms with Gasteiger partial charge < -0.3 is 15.0 Å². The molecule has 4 aromatic rings. The van der Waals surface area contributed by atoms with Gasteiger partial charge in [-0.05, 0) is 36.4 Å². The Balaban J connectivity index is 1.49. The molecular formula is C18H14FN5O2S. The first kappa shape index (κ1) is 17.2. The summed E-state index contributed by atoms with van der Waals surface area (Å²) in [4.78, 5) is 19.6. The van der Waals surface area contributed by atoms with Gasteiger partial charge in [0.1, 0.15) is 17.1 Å². The van der Waals surface area contributed by atoms with Crippen LogP contribution in [0.3, 0.4) is 0 Å². The van der Waals surface area contributed by atoms with E-state index in [2.05, 4.69) is 25.5 Å². The highest BCUT2D eigenvalue weighted by molar-refractivity contribution is 7.99. The second-order valence-electron chi connectivity index (χ2n) is 5.68. The number of carbonyl (C=O) groups is 1. The molecular weight excluding hydrogens is 369 g/mol. The molecule has 0 spiro atoms. The van der Waals surface area contributed by atoms with Crippen LogP contribution < -0.4 is 10.1 Å². The molecule has 136 valence electrons. The summed E-state index contributed by atoms with van der Waals surface area (Å²) < 4.78 is 18.4. The maximum absolute atomic E-state index is 13.2. The SMILES string of the molecule is COc1ccc2[nH]c3nc(SCC(=O)Nc4cccc(F)c4)nnc3c2c1. The molecule has 2 heterocycles. The number of nitrogens with one attached hydrogen (secondary N) is 2. The Morgan fingerprint density at radius 3 is 2.96 bits per heavy atom. The second kappa shape index (κ2) is 7.20. The third kappa shape index (κ3) is 3.68. The number of halogens is 1. The number of ether oxygens (including phenoxy) is 1. The van der Waals surface area contributed by atoms with Crippen molar-refractivity contribution in [2.75, 3.05) is 18.2 Å². The van der Waals surface area contributed by atoms with Crippen molar-refractivity contribution in [2.45, 2.75) is 5.16 Å². The number of amides is 1. The van der Waals surface area contributed by atoms with E-state index in [9.17, 15) is 9.18 Å². The Morgan fingerprint density at radius 1 is 1.26 bits per heavy atom. The van der Waals surface area contributed by atoms with Crippen LogP contribution in [0.1, 0.15) is 0 Å². The Labute approximate surface area is 157 Å². The van der Waals surface area contributed by atoms with Crippen LogP contribution in [0.15, 0.2) is 47.6 Å². The van der Waals surface area contributed by atoms with Gasteiger partial charge in [-0.15, -0.1) is 10.2 Å². The van der Waals surface area contributed by atoms with Gasteiger partial charge in [-0.1, -0.05) is 17.8 Å². The number of fused-ring (bicyclic) bond motifs is 3. The summed E-state index contributed by atoms with van der Waals surface area (Å²) in [6.07, 6.45) is 0. The lowest BCUT2D eigenvalue weighted by atomic mass is 10.2. The minimum absolute atomic E-state index is 0.0811. The average Bonchev–Trinajstić information content (AvgIpc) is 3.03. The van der Waals surface area contributed by atoms with E-state index >= 15 is 0 Å². The molecule has 0 fully saturated rings. The number of carbonyl (C=O) groups excluding carboxylic acids is 1. The van der Waals surface area contributed by atoms with Crippen molar-refractivity contribution >= 4 is 45.4 Å². The van der Waals surface area contributed by atoms with Crippen molar-refractivity contribution in [2.24, 2.45) is 0 Å². The molecule has 0 radical (unpaired) electrons. The molecule has 1 amide bonds. The van der Waals surface area contributed by atoms with Gasteiger partial charge in [0, 0.05) is 16.6 Å². The van der Waals surface area contributed by atoms with Crippen LogP contribution in [0.4, 0.5) is 10.1 Å². The molecule has 27 heavy (non-hydrogen) atoms. The first-order valence-corrected chi connectivity index (χ1v) is 8.99. The van der Waals surface area contributed by atoms with Crippen molar-refractivity contribution in [3.63, 3.8) is 0 Å². The lowest BCUT2D eigenvalue weighted by Crippen LogP contribution is -2.14. The quantitative estimate of drug-likeness (QED) is 0.513. The predicted octanol–water partition coefficient (Wildman–Crippen LogP) is 3.38. The Bertz CT molecular complexity index is 1150. The van der Waals surface area contributed by atoms with Crippen LogP contribution in [0.2, 0.25) is 0 Å². The Morgan fingerprint density at radius 2 is 2.15 bits per heavy atom. The van der Waals surface area contributed by atoms with Gasteiger partial charge in [-0.3, -0.25) is 4.79 Å². The highest BCUT2D eigenvalue weighted by atomic mass is 32.2. The third-order valence-electron chi connectivity index (χ3n) is 3.84. The van der Waals surface area contributed by atoms with Gasteiger partial charge in [0.25, 0.3) is 0 Å². The first-order chi connectivity index (χ1) is 13.1. The zero-order valence-corrected chi connectivity index (χ0v) is 15.0. The summed E-state index contributed by atoms with van der Waals surface area (Å²) >= 11 is 1.15. The molecule has 2 aromatic carbocycles. The molecule has 0 bridgehead atoms. The number of anilines is 1. The summed E-state index contributed by atoms with van der Waals surface area (Å²) in [5.41, 5.74) is 2.50. The highest BCUT2D eigenvalue weighted by Gasteiger charge is 2.12. The van der Waals surface area contributed by atoms with Gasteiger partial charge in [0.15, 0.2) is 5.65 Å². The predicted molar refractivity (Wildman–Crippen MR) is 101 cm³/mol. The molecule has 9 heteroatoms. The largest absolute Gasteiger partial charge is 0.497 e. The average molecular weight is 383 g/mol. The maximum Gasteiger partial charge on any atom is 0.234 e. The van der Waals surface area contributed by atoms with Gasteiger partial charge in [0.05, 0.1) is 12.9 Å². The van der Waals surface area contributed by atoms with E-state index in [1.54, 1.807) is 13.2 Å². The number of rotatable bonds is 5. The van der Waals surface area contributed by atoms with Gasteiger partial charge >= 0.3 is 0 Å². The van der Waals surface area contributed by atoms with E-state index in [-0.39, 0.29) is 11.7 Å². The third-order valence-corrected chi connectivity index (χ3v) is 4.68. The number of nitrogens with zero attached hydrogens (tertiary/aromatic N) is 3. The molecule has 0 saturated heterocycles. The smallest absolute Gasteiger partial charge is 0.234 e. The van der Waals surface area contributed by atoms with Crippen molar-refractivity contribution < 1.29 is 13.9 Å². The van der Waals surface area contributed by atoms with E-state index in [0.29, 0.717) is 22.0 Å². The molecule has 0 aliphatic heterocycles. The number of aromatic amines is 1. The molecule has 4 rings (SSSR count). The topological polar surface area (TPSA) is 92.8 Å². The maximum atomic E-state index is 13.2. The van der Waals surface area contributed by atoms with Gasteiger partial charge in [-0.2, -0.15) is 0 Å². The number of benzene rings is 2. The van der Waals surface area contributed by atoms with Crippen molar-refractivity contribution in [3.8, 4) is 5.75 Å². The molecule has 0 aliphatic rings. The lowest BCUT2D eigenvalue weighted by Gasteiger charge is -2.04. The monoisotopic (exact) mass is 383 g/mol. The van der Waals surface area contributed by atoms with E-state index in [4.69, 9.17) is 4.74 Å². The van der Waals surface area contributed by atoms with Gasteiger partial charge in [0.2, 0.25) is 11.1 Å². The van der Waals surface area contributed by atoms with Crippen LogP contribution in [0.5, 0.6) is 5.75 Å². The number of H-pyrrole nitrogens is 1. The zero-order valence-electron chi connectivity index (χ0n) is 14.2. The van der Waals surface area contributed by atoms with Crippen molar-refractivity contribution in [1.82, 2.24) is 20.2 Å². The minimum Gasteiger partial charge on any atom is -0.497 e.